The molecule has 4 nitrogen and oxygen atoms in total. The topological polar surface area (TPSA) is 55.9 Å². The zero-order valence-electron chi connectivity index (χ0n) is 9.90. The lowest BCUT2D eigenvalue weighted by Gasteiger charge is -2.13. The Morgan fingerprint density at radius 2 is 2.33 bits per heavy atom. The van der Waals surface area contributed by atoms with Crippen LogP contribution in [0.25, 0.3) is 0 Å². The summed E-state index contributed by atoms with van der Waals surface area (Å²) < 4.78 is 14.9. The highest BCUT2D eigenvalue weighted by Crippen LogP contribution is 2.20. The van der Waals surface area contributed by atoms with Crippen LogP contribution < -0.4 is 11.3 Å². The van der Waals surface area contributed by atoms with Gasteiger partial charge in [0.25, 0.3) is 0 Å². The van der Waals surface area contributed by atoms with Crippen LogP contribution in [0.2, 0.25) is 5.02 Å². The summed E-state index contributed by atoms with van der Waals surface area (Å²) in [6.45, 7) is 0. The number of nitrogens with zero attached hydrogens (tertiary/aromatic N) is 2. The Morgan fingerprint density at radius 3 is 2.89 bits per heavy atom. The number of aromatic nitrogens is 2. The van der Waals surface area contributed by atoms with Crippen LogP contribution in [0.5, 0.6) is 0 Å². The molecule has 2 aromatic rings. The third-order valence-corrected chi connectivity index (χ3v) is 3.00. The van der Waals surface area contributed by atoms with Gasteiger partial charge in [-0.1, -0.05) is 17.7 Å². The summed E-state index contributed by atoms with van der Waals surface area (Å²) in [5.74, 6) is 5.10. The van der Waals surface area contributed by atoms with E-state index in [0.717, 1.165) is 11.3 Å². The fourth-order valence-corrected chi connectivity index (χ4v) is 1.97. The first-order chi connectivity index (χ1) is 8.60. The lowest BCUT2D eigenvalue weighted by atomic mass is 10.0. The van der Waals surface area contributed by atoms with Gasteiger partial charge in [-0.2, -0.15) is 0 Å². The lowest BCUT2D eigenvalue weighted by molar-refractivity contribution is 0.539. The van der Waals surface area contributed by atoms with Crippen LogP contribution in [0.15, 0.2) is 30.7 Å². The highest BCUT2D eigenvalue weighted by Gasteiger charge is 2.14. The molecule has 96 valence electrons. The molecule has 6 heteroatoms. The van der Waals surface area contributed by atoms with E-state index in [9.17, 15) is 4.39 Å². The number of imidazole rings is 1. The number of rotatable bonds is 4. The van der Waals surface area contributed by atoms with Crippen LogP contribution >= 0.6 is 11.6 Å². The molecule has 1 unspecified atom stereocenters. The van der Waals surface area contributed by atoms with Gasteiger partial charge in [0.15, 0.2) is 0 Å². The Labute approximate surface area is 110 Å². The highest BCUT2D eigenvalue weighted by atomic mass is 35.5. The summed E-state index contributed by atoms with van der Waals surface area (Å²) in [4.78, 5) is 4.24. The van der Waals surface area contributed by atoms with Crippen molar-refractivity contribution in [3.63, 3.8) is 0 Å². The van der Waals surface area contributed by atoms with Crippen LogP contribution in [0, 0.1) is 5.82 Å². The van der Waals surface area contributed by atoms with Crippen molar-refractivity contribution < 1.29 is 4.39 Å². The van der Waals surface area contributed by atoms with Crippen LogP contribution in [0.1, 0.15) is 17.3 Å². The van der Waals surface area contributed by atoms with Gasteiger partial charge in [0.1, 0.15) is 5.82 Å². The first kappa shape index (κ1) is 13.0. The molecular formula is C12H14ClFN4. The zero-order valence-corrected chi connectivity index (χ0v) is 10.7. The fourth-order valence-electron chi connectivity index (χ4n) is 1.76. The minimum Gasteiger partial charge on any atom is -0.340 e. The van der Waals surface area contributed by atoms with Gasteiger partial charge in [-0.15, -0.1) is 0 Å². The number of aryl methyl sites for hydroxylation is 1. The van der Waals surface area contributed by atoms with Gasteiger partial charge in [0, 0.05) is 13.2 Å². The van der Waals surface area contributed by atoms with Crippen LogP contribution in [-0.4, -0.2) is 9.55 Å². The second-order valence-electron chi connectivity index (χ2n) is 4.14. The monoisotopic (exact) mass is 268 g/mol. The Morgan fingerprint density at radius 1 is 1.56 bits per heavy atom. The maximum Gasteiger partial charge on any atom is 0.141 e. The molecule has 18 heavy (non-hydrogen) atoms. The SMILES string of the molecule is Cn1cnc(C(Cc2ccc(F)c(Cl)c2)NN)c1. The van der Waals surface area contributed by atoms with E-state index in [1.165, 1.54) is 6.07 Å². The molecule has 0 radical (unpaired) electrons. The molecule has 1 aromatic heterocycles. The standard InChI is InChI=1S/C12H14ClFN4/c1-18-6-12(16-7-18)11(17-15)5-8-2-3-10(14)9(13)4-8/h2-4,6-7,11,17H,5,15H2,1H3. The van der Waals surface area contributed by atoms with E-state index in [1.807, 2.05) is 17.8 Å². The van der Waals surface area contributed by atoms with E-state index >= 15 is 0 Å². The third kappa shape index (κ3) is 2.87. The smallest absolute Gasteiger partial charge is 0.141 e. The molecule has 1 heterocycles. The number of hydrogen-bond donors (Lipinski definition) is 2. The second kappa shape index (κ2) is 5.48. The Balaban J connectivity index is 2.17. The molecule has 0 aliphatic rings. The zero-order chi connectivity index (χ0) is 13.1. The molecule has 0 saturated heterocycles. The number of hydrogen-bond acceptors (Lipinski definition) is 3. The maximum absolute atomic E-state index is 13.1. The minimum atomic E-state index is -0.421. The molecule has 1 atom stereocenters. The summed E-state index contributed by atoms with van der Waals surface area (Å²) in [7, 11) is 1.89. The van der Waals surface area contributed by atoms with Crippen molar-refractivity contribution >= 4 is 11.6 Å². The molecule has 2 rings (SSSR count). The largest absolute Gasteiger partial charge is 0.340 e. The normalized spacial score (nSPS) is 12.7. The molecular weight excluding hydrogens is 255 g/mol. The van der Waals surface area contributed by atoms with Crippen molar-refractivity contribution in [1.29, 1.82) is 0 Å². The molecule has 0 aliphatic carbocycles. The molecule has 0 amide bonds. The van der Waals surface area contributed by atoms with E-state index in [1.54, 1.807) is 18.5 Å². The Hall–Kier alpha value is -1.43. The van der Waals surface area contributed by atoms with Crippen molar-refractivity contribution in [3.05, 3.63) is 52.8 Å². The average Bonchev–Trinajstić information content (AvgIpc) is 2.77. The van der Waals surface area contributed by atoms with Gasteiger partial charge < -0.3 is 4.57 Å². The molecule has 1 aromatic carbocycles. The number of nitrogens with one attached hydrogen (secondary N) is 1. The van der Waals surface area contributed by atoms with E-state index in [2.05, 4.69) is 10.4 Å². The summed E-state index contributed by atoms with van der Waals surface area (Å²) in [5, 5.41) is 0.115. The summed E-state index contributed by atoms with van der Waals surface area (Å²) in [6.07, 6.45) is 4.18. The lowest BCUT2D eigenvalue weighted by Crippen LogP contribution is -2.29. The van der Waals surface area contributed by atoms with E-state index < -0.39 is 5.82 Å². The van der Waals surface area contributed by atoms with Crippen molar-refractivity contribution in [2.45, 2.75) is 12.5 Å². The second-order valence-corrected chi connectivity index (χ2v) is 4.54. The predicted octanol–water partition coefficient (Wildman–Crippen LogP) is 1.96. The van der Waals surface area contributed by atoms with Gasteiger partial charge in [-0.3, -0.25) is 11.3 Å². The van der Waals surface area contributed by atoms with Crippen molar-refractivity contribution in [3.8, 4) is 0 Å². The number of nitrogens with two attached hydrogens (primary N) is 1. The average molecular weight is 269 g/mol. The van der Waals surface area contributed by atoms with Crippen LogP contribution in [0.3, 0.4) is 0 Å². The van der Waals surface area contributed by atoms with Crippen molar-refractivity contribution in [2.24, 2.45) is 12.9 Å². The Kier molecular flexibility index (Phi) is 3.96. The third-order valence-electron chi connectivity index (χ3n) is 2.71. The van der Waals surface area contributed by atoms with Crippen molar-refractivity contribution in [2.75, 3.05) is 0 Å². The first-order valence-corrected chi connectivity index (χ1v) is 5.86. The molecule has 0 bridgehead atoms. The van der Waals surface area contributed by atoms with Gasteiger partial charge in [0.2, 0.25) is 0 Å². The molecule has 0 aliphatic heterocycles. The maximum atomic E-state index is 13.1. The van der Waals surface area contributed by atoms with E-state index in [4.69, 9.17) is 17.4 Å². The van der Waals surface area contributed by atoms with Crippen molar-refractivity contribution in [1.82, 2.24) is 15.0 Å². The predicted molar refractivity (Wildman–Crippen MR) is 68.4 cm³/mol. The van der Waals surface area contributed by atoms with Gasteiger partial charge in [-0.25, -0.2) is 9.37 Å². The first-order valence-electron chi connectivity index (χ1n) is 5.48. The molecule has 3 N–H and O–H groups in total. The van der Waals surface area contributed by atoms with Crippen LogP contribution in [-0.2, 0) is 13.5 Å². The molecule has 0 saturated carbocycles. The quantitative estimate of drug-likeness (QED) is 0.658. The minimum absolute atomic E-state index is 0.115. The van der Waals surface area contributed by atoms with Crippen LogP contribution in [0.4, 0.5) is 4.39 Å². The summed E-state index contributed by atoms with van der Waals surface area (Å²) in [6, 6.07) is 4.51. The number of benzene rings is 1. The Bertz CT molecular complexity index is 541. The number of hydrazine groups is 1. The molecule has 0 spiro atoms. The number of halogens is 2. The summed E-state index contributed by atoms with van der Waals surface area (Å²) in [5.41, 5.74) is 4.43. The van der Waals surface area contributed by atoms with Gasteiger partial charge in [0.05, 0.1) is 23.1 Å². The van der Waals surface area contributed by atoms with E-state index in [0.29, 0.717) is 6.42 Å². The van der Waals surface area contributed by atoms with Gasteiger partial charge in [-0.05, 0) is 24.1 Å². The fraction of sp³-hybridized carbons (Fsp3) is 0.250. The summed E-state index contributed by atoms with van der Waals surface area (Å²) >= 11 is 5.74. The van der Waals surface area contributed by atoms with E-state index in [-0.39, 0.29) is 11.1 Å². The van der Waals surface area contributed by atoms with Gasteiger partial charge >= 0.3 is 0 Å². The molecule has 0 fully saturated rings. The highest BCUT2D eigenvalue weighted by molar-refractivity contribution is 6.30.